The first kappa shape index (κ1) is 7.98. The Morgan fingerprint density at radius 2 is 2.15 bits per heavy atom. The zero-order chi connectivity index (χ0) is 9.10. The third kappa shape index (κ3) is 1.75. The Morgan fingerprint density at radius 1 is 1.23 bits per heavy atom. The molecule has 0 saturated heterocycles. The quantitative estimate of drug-likeness (QED) is 0.687. The van der Waals surface area contributed by atoms with Gasteiger partial charge in [-0.05, 0) is 18.2 Å². The van der Waals surface area contributed by atoms with Crippen LogP contribution in [0.1, 0.15) is 11.4 Å². The monoisotopic (exact) mass is 173 g/mol. The summed E-state index contributed by atoms with van der Waals surface area (Å²) in [7, 11) is 1.94. The lowest BCUT2D eigenvalue weighted by atomic mass is 10.2. The van der Waals surface area contributed by atoms with Gasteiger partial charge in [-0.1, -0.05) is 6.07 Å². The molecule has 0 atom stereocenters. The van der Waals surface area contributed by atoms with E-state index in [1.165, 1.54) is 5.69 Å². The second kappa shape index (κ2) is 3.39. The van der Waals surface area contributed by atoms with Gasteiger partial charge in [-0.15, -0.1) is 0 Å². The fraction of sp³-hybridized carbons (Fsp3) is 0.200. The molecule has 0 spiro atoms. The predicted molar refractivity (Wildman–Crippen MR) is 50.3 cm³/mol. The van der Waals surface area contributed by atoms with Crippen molar-refractivity contribution in [2.45, 2.75) is 6.42 Å². The average molecular weight is 173 g/mol. The Bertz CT molecular complexity index is 378. The highest BCUT2D eigenvalue weighted by Crippen LogP contribution is 2.04. The van der Waals surface area contributed by atoms with Gasteiger partial charge in [-0.25, -0.2) is 0 Å². The summed E-state index contributed by atoms with van der Waals surface area (Å²) in [5.41, 5.74) is 2.25. The Morgan fingerprint density at radius 3 is 2.77 bits per heavy atom. The van der Waals surface area contributed by atoms with Crippen LogP contribution in [0.3, 0.4) is 0 Å². The van der Waals surface area contributed by atoms with Crippen LogP contribution in [-0.2, 0) is 13.5 Å². The zero-order valence-electron chi connectivity index (χ0n) is 7.51. The minimum Gasteiger partial charge on any atom is -0.272 e. The maximum atomic E-state index is 4.25. The molecule has 3 heteroatoms. The topological polar surface area (TPSA) is 30.7 Å². The van der Waals surface area contributed by atoms with Crippen molar-refractivity contribution in [3.63, 3.8) is 0 Å². The molecular weight excluding hydrogens is 162 g/mol. The van der Waals surface area contributed by atoms with E-state index in [1.54, 1.807) is 6.20 Å². The van der Waals surface area contributed by atoms with Crippen LogP contribution in [0.15, 0.2) is 36.7 Å². The molecule has 0 aliphatic heterocycles. The molecule has 0 saturated carbocycles. The SMILES string of the molecule is Cn1nccc1Cc1ccccn1. The van der Waals surface area contributed by atoms with Crippen molar-refractivity contribution in [3.05, 3.63) is 48.0 Å². The van der Waals surface area contributed by atoms with E-state index in [0.717, 1.165) is 12.1 Å². The summed E-state index contributed by atoms with van der Waals surface area (Å²) in [5.74, 6) is 0. The van der Waals surface area contributed by atoms with Crippen molar-refractivity contribution in [2.75, 3.05) is 0 Å². The summed E-state index contributed by atoms with van der Waals surface area (Å²) in [6.45, 7) is 0. The summed E-state index contributed by atoms with van der Waals surface area (Å²) in [5, 5.41) is 4.10. The minimum absolute atomic E-state index is 0.845. The maximum Gasteiger partial charge on any atom is 0.0492 e. The minimum atomic E-state index is 0.845. The summed E-state index contributed by atoms with van der Waals surface area (Å²) in [6, 6.07) is 7.95. The standard InChI is InChI=1S/C10H11N3/c1-13-10(5-7-12-13)8-9-4-2-3-6-11-9/h2-7H,8H2,1H3. The first-order valence-electron chi connectivity index (χ1n) is 4.23. The normalized spacial score (nSPS) is 10.2. The number of rotatable bonds is 2. The molecule has 13 heavy (non-hydrogen) atoms. The van der Waals surface area contributed by atoms with Crippen LogP contribution in [0.2, 0.25) is 0 Å². The van der Waals surface area contributed by atoms with E-state index >= 15 is 0 Å². The van der Waals surface area contributed by atoms with Crippen LogP contribution in [-0.4, -0.2) is 14.8 Å². The van der Waals surface area contributed by atoms with Gasteiger partial charge in [-0.3, -0.25) is 9.67 Å². The first-order valence-corrected chi connectivity index (χ1v) is 4.23. The summed E-state index contributed by atoms with van der Waals surface area (Å²) in [4.78, 5) is 4.25. The van der Waals surface area contributed by atoms with E-state index in [9.17, 15) is 0 Å². The van der Waals surface area contributed by atoms with Gasteiger partial charge in [0.15, 0.2) is 0 Å². The second-order valence-electron chi connectivity index (χ2n) is 2.94. The summed E-state index contributed by atoms with van der Waals surface area (Å²) >= 11 is 0. The maximum absolute atomic E-state index is 4.25. The number of hydrogen-bond donors (Lipinski definition) is 0. The molecule has 0 amide bonds. The van der Waals surface area contributed by atoms with Crippen LogP contribution in [0.4, 0.5) is 0 Å². The van der Waals surface area contributed by atoms with Crippen molar-refractivity contribution in [2.24, 2.45) is 7.05 Å². The van der Waals surface area contributed by atoms with Gasteiger partial charge in [0.05, 0.1) is 0 Å². The number of aromatic nitrogens is 3. The van der Waals surface area contributed by atoms with Gasteiger partial charge < -0.3 is 0 Å². The third-order valence-corrected chi connectivity index (χ3v) is 2.01. The van der Waals surface area contributed by atoms with E-state index < -0.39 is 0 Å². The Balaban J connectivity index is 2.20. The molecule has 0 N–H and O–H groups in total. The predicted octanol–water partition coefficient (Wildman–Crippen LogP) is 1.41. The molecule has 2 rings (SSSR count). The largest absolute Gasteiger partial charge is 0.272 e. The molecule has 2 aromatic heterocycles. The van der Waals surface area contributed by atoms with E-state index in [4.69, 9.17) is 0 Å². The molecule has 0 radical (unpaired) electrons. The van der Waals surface area contributed by atoms with Crippen molar-refractivity contribution < 1.29 is 0 Å². The highest BCUT2D eigenvalue weighted by atomic mass is 15.2. The Kier molecular flexibility index (Phi) is 2.08. The highest BCUT2D eigenvalue weighted by molar-refractivity contribution is 5.13. The van der Waals surface area contributed by atoms with Gasteiger partial charge in [0.25, 0.3) is 0 Å². The van der Waals surface area contributed by atoms with Gasteiger partial charge in [0, 0.05) is 37.3 Å². The van der Waals surface area contributed by atoms with Crippen LogP contribution in [0, 0.1) is 0 Å². The van der Waals surface area contributed by atoms with Gasteiger partial charge in [0.2, 0.25) is 0 Å². The third-order valence-electron chi connectivity index (χ3n) is 2.01. The summed E-state index contributed by atoms with van der Waals surface area (Å²) < 4.78 is 1.87. The first-order chi connectivity index (χ1) is 6.36. The molecule has 3 nitrogen and oxygen atoms in total. The molecular formula is C10H11N3. The molecule has 0 bridgehead atoms. The van der Waals surface area contributed by atoms with Crippen molar-refractivity contribution >= 4 is 0 Å². The van der Waals surface area contributed by atoms with E-state index in [1.807, 2.05) is 42.2 Å². The number of hydrogen-bond acceptors (Lipinski definition) is 2. The second-order valence-corrected chi connectivity index (χ2v) is 2.94. The summed E-state index contributed by atoms with van der Waals surface area (Å²) in [6.07, 6.45) is 4.46. The van der Waals surface area contributed by atoms with Gasteiger partial charge >= 0.3 is 0 Å². The van der Waals surface area contributed by atoms with Crippen LogP contribution in [0.25, 0.3) is 0 Å². The smallest absolute Gasteiger partial charge is 0.0492 e. The van der Waals surface area contributed by atoms with E-state index in [2.05, 4.69) is 10.1 Å². The van der Waals surface area contributed by atoms with E-state index in [-0.39, 0.29) is 0 Å². The van der Waals surface area contributed by atoms with Crippen LogP contribution >= 0.6 is 0 Å². The fourth-order valence-electron chi connectivity index (χ4n) is 1.26. The zero-order valence-corrected chi connectivity index (χ0v) is 7.51. The van der Waals surface area contributed by atoms with Crippen LogP contribution < -0.4 is 0 Å². The van der Waals surface area contributed by atoms with Crippen molar-refractivity contribution in [1.29, 1.82) is 0 Å². The number of aryl methyl sites for hydroxylation is 1. The molecule has 2 heterocycles. The molecule has 0 unspecified atom stereocenters. The number of pyridine rings is 1. The molecule has 0 aromatic carbocycles. The molecule has 66 valence electrons. The highest BCUT2D eigenvalue weighted by Gasteiger charge is 1.99. The van der Waals surface area contributed by atoms with Crippen molar-refractivity contribution in [3.8, 4) is 0 Å². The lowest BCUT2D eigenvalue weighted by Gasteiger charge is -2.00. The number of nitrogens with zero attached hydrogens (tertiary/aromatic N) is 3. The average Bonchev–Trinajstić information content (AvgIpc) is 2.54. The lowest BCUT2D eigenvalue weighted by molar-refractivity contribution is 0.721. The van der Waals surface area contributed by atoms with Gasteiger partial charge in [-0.2, -0.15) is 5.10 Å². The molecule has 2 aromatic rings. The molecule has 0 aliphatic rings. The van der Waals surface area contributed by atoms with Crippen molar-refractivity contribution in [1.82, 2.24) is 14.8 Å². The van der Waals surface area contributed by atoms with Crippen LogP contribution in [0.5, 0.6) is 0 Å². The molecule has 0 fully saturated rings. The fourth-order valence-corrected chi connectivity index (χ4v) is 1.26. The Labute approximate surface area is 77.0 Å². The lowest BCUT2D eigenvalue weighted by Crippen LogP contribution is -1.99. The Hall–Kier alpha value is -1.64. The molecule has 0 aliphatic carbocycles. The van der Waals surface area contributed by atoms with E-state index in [0.29, 0.717) is 0 Å². The van der Waals surface area contributed by atoms with Gasteiger partial charge in [0.1, 0.15) is 0 Å².